The molecule has 0 bridgehead atoms. The smallest absolute Gasteiger partial charge is 0.229 e. The van der Waals surface area contributed by atoms with Crippen molar-refractivity contribution in [1.82, 2.24) is 0 Å². The van der Waals surface area contributed by atoms with Gasteiger partial charge >= 0.3 is 0 Å². The van der Waals surface area contributed by atoms with Gasteiger partial charge in [-0.1, -0.05) is 5.16 Å². The summed E-state index contributed by atoms with van der Waals surface area (Å²) in [6, 6.07) is 4.59. The maximum absolute atomic E-state index is 11.0. The van der Waals surface area contributed by atoms with Crippen LogP contribution in [0.4, 0.5) is 5.69 Å². The number of hydrogen-bond acceptors (Lipinski definition) is 4. The van der Waals surface area contributed by atoms with Crippen molar-refractivity contribution >= 4 is 37.5 Å². The summed E-state index contributed by atoms with van der Waals surface area (Å²) in [5.74, 6) is -0.0494. The number of anilines is 1. The maximum Gasteiger partial charge on any atom is 0.229 e. The predicted molar refractivity (Wildman–Crippen MR) is 65.1 cm³/mol. The van der Waals surface area contributed by atoms with E-state index in [0.717, 1.165) is 6.26 Å². The van der Waals surface area contributed by atoms with Gasteiger partial charge in [-0.15, -0.1) is 0 Å². The molecule has 0 atom stereocenters. The Morgan fingerprint density at radius 3 is 2.62 bits per heavy atom. The highest BCUT2D eigenvalue weighted by Gasteiger charge is 2.08. The molecule has 0 amide bonds. The normalized spacial score (nSPS) is 12.5. The summed E-state index contributed by atoms with van der Waals surface area (Å²) in [6.07, 6.45) is 1.05. The zero-order chi connectivity index (χ0) is 12.3. The highest BCUT2D eigenvalue weighted by molar-refractivity contribution is 9.10. The van der Waals surface area contributed by atoms with Crippen molar-refractivity contribution in [3.63, 3.8) is 0 Å². The average molecular weight is 308 g/mol. The molecule has 1 aromatic rings. The number of rotatable bonds is 3. The molecule has 0 spiro atoms. The zero-order valence-electron chi connectivity index (χ0n) is 8.31. The number of oxime groups is 1. The van der Waals surface area contributed by atoms with E-state index < -0.39 is 10.0 Å². The number of sulfonamides is 1. The number of nitrogens with two attached hydrogens (primary N) is 1. The van der Waals surface area contributed by atoms with E-state index in [1.165, 1.54) is 12.1 Å². The van der Waals surface area contributed by atoms with Gasteiger partial charge in [-0.05, 0) is 34.1 Å². The molecule has 6 nitrogen and oxygen atoms in total. The summed E-state index contributed by atoms with van der Waals surface area (Å²) in [7, 11) is -3.33. The number of nitrogens with zero attached hydrogens (tertiary/aromatic N) is 1. The van der Waals surface area contributed by atoms with Gasteiger partial charge in [0.25, 0.3) is 0 Å². The molecule has 0 aromatic heterocycles. The number of nitrogens with one attached hydrogen (secondary N) is 1. The summed E-state index contributed by atoms with van der Waals surface area (Å²) in [6.45, 7) is 0. The Morgan fingerprint density at radius 2 is 2.19 bits per heavy atom. The third kappa shape index (κ3) is 3.38. The van der Waals surface area contributed by atoms with Crippen LogP contribution in [0.2, 0.25) is 0 Å². The van der Waals surface area contributed by atoms with Crippen LogP contribution < -0.4 is 10.5 Å². The third-order valence-corrected chi connectivity index (χ3v) is 2.91. The molecule has 0 heterocycles. The fourth-order valence-corrected chi connectivity index (χ4v) is 2.20. The van der Waals surface area contributed by atoms with Crippen LogP contribution in [0.15, 0.2) is 27.8 Å². The van der Waals surface area contributed by atoms with Crippen LogP contribution >= 0.6 is 15.9 Å². The van der Waals surface area contributed by atoms with Gasteiger partial charge in [0.15, 0.2) is 5.84 Å². The Balaban J connectivity index is 3.10. The summed E-state index contributed by atoms with van der Waals surface area (Å²) in [4.78, 5) is 0. The zero-order valence-corrected chi connectivity index (χ0v) is 10.7. The van der Waals surface area contributed by atoms with Crippen LogP contribution in [0, 0.1) is 0 Å². The van der Waals surface area contributed by atoms with Crippen LogP contribution in [-0.4, -0.2) is 25.7 Å². The molecule has 88 valence electrons. The number of halogens is 1. The first-order valence-electron chi connectivity index (χ1n) is 4.09. The molecule has 0 aliphatic rings. The SMILES string of the molecule is CS(=O)(=O)Nc1ccc(/C(N)=N/O)cc1Br. The predicted octanol–water partition coefficient (Wildman–Crippen LogP) is 0.915. The van der Waals surface area contributed by atoms with Gasteiger partial charge in [0.2, 0.25) is 10.0 Å². The van der Waals surface area contributed by atoms with Crippen LogP contribution in [0.25, 0.3) is 0 Å². The summed E-state index contributed by atoms with van der Waals surface area (Å²) in [5, 5.41) is 11.3. The van der Waals surface area contributed by atoms with Gasteiger partial charge in [0.1, 0.15) is 0 Å². The average Bonchev–Trinajstić information content (AvgIpc) is 2.18. The molecule has 0 aliphatic carbocycles. The van der Waals surface area contributed by atoms with Crippen LogP contribution in [0.5, 0.6) is 0 Å². The van der Waals surface area contributed by atoms with Crippen LogP contribution in [-0.2, 0) is 10.0 Å². The van der Waals surface area contributed by atoms with Gasteiger partial charge in [-0.2, -0.15) is 0 Å². The molecule has 0 aliphatic heterocycles. The molecule has 8 heteroatoms. The van der Waals surface area contributed by atoms with E-state index in [9.17, 15) is 8.42 Å². The molecule has 0 radical (unpaired) electrons. The van der Waals surface area contributed by atoms with Crippen molar-refractivity contribution in [3.8, 4) is 0 Å². The highest BCUT2D eigenvalue weighted by Crippen LogP contribution is 2.24. The Morgan fingerprint density at radius 1 is 1.56 bits per heavy atom. The fraction of sp³-hybridized carbons (Fsp3) is 0.125. The molecule has 1 rings (SSSR count). The second-order valence-corrected chi connectivity index (χ2v) is 5.66. The van der Waals surface area contributed by atoms with Gasteiger partial charge in [0, 0.05) is 10.0 Å². The standard InChI is InChI=1S/C8H10BrN3O3S/c1-16(14,15)12-7-3-2-5(4-6(7)9)8(10)11-13/h2-4,12-13H,1H3,(H2,10,11). The lowest BCUT2D eigenvalue weighted by atomic mass is 10.2. The van der Waals surface area contributed by atoms with E-state index in [-0.39, 0.29) is 5.84 Å². The van der Waals surface area contributed by atoms with Crippen molar-refractivity contribution in [3.05, 3.63) is 28.2 Å². The highest BCUT2D eigenvalue weighted by atomic mass is 79.9. The topological polar surface area (TPSA) is 105 Å². The molecule has 0 saturated carbocycles. The van der Waals surface area contributed by atoms with E-state index >= 15 is 0 Å². The molecular weight excluding hydrogens is 298 g/mol. The fourth-order valence-electron chi connectivity index (χ4n) is 1.01. The molecule has 4 N–H and O–H groups in total. The molecule has 0 saturated heterocycles. The molecule has 1 aromatic carbocycles. The Labute approximate surface area is 101 Å². The lowest BCUT2D eigenvalue weighted by Gasteiger charge is -2.07. The minimum absolute atomic E-state index is 0.0494. The third-order valence-electron chi connectivity index (χ3n) is 1.67. The summed E-state index contributed by atoms with van der Waals surface area (Å²) < 4.78 is 24.8. The van der Waals surface area contributed by atoms with Crippen molar-refractivity contribution in [2.45, 2.75) is 0 Å². The first-order chi connectivity index (χ1) is 7.33. The lowest BCUT2D eigenvalue weighted by Crippen LogP contribution is -2.14. The van der Waals surface area contributed by atoms with E-state index in [1.807, 2.05) is 0 Å². The number of amidine groups is 1. The quantitative estimate of drug-likeness (QED) is 0.334. The van der Waals surface area contributed by atoms with Gasteiger partial charge in [-0.3, -0.25) is 4.72 Å². The van der Waals surface area contributed by atoms with Crippen molar-refractivity contribution < 1.29 is 13.6 Å². The van der Waals surface area contributed by atoms with E-state index in [0.29, 0.717) is 15.7 Å². The van der Waals surface area contributed by atoms with Crippen LogP contribution in [0.3, 0.4) is 0 Å². The van der Waals surface area contributed by atoms with E-state index in [4.69, 9.17) is 10.9 Å². The van der Waals surface area contributed by atoms with Gasteiger partial charge < -0.3 is 10.9 Å². The number of benzene rings is 1. The van der Waals surface area contributed by atoms with E-state index in [1.54, 1.807) is 6.07 Å². The minimum Gasteiger partial charge on any atom is -0.409 e. The Kier molecular flexibility index (Phi) is 3.76. The Hall–Kier alpha value is -1.28. The molecular formula is C8H10BrN3O3S. The second-order valence-electron chi connectivity index (χ2n) is 3.05. The van der Waals surface area contributed by atoms with Crippen molar-refractivity contribution in [2.75, 3.05) is 11.0 Å². The van der Waals surface area contributed by atoms with Crippen LogP contribution in [0.1, 0.15) is 5.56 Å². The lowest BCUT2D eigenvalue weighted by molar-refractivity contribution is 0.318. The number of hydrogen-bond donors (Lipinski definition) is 3. The maximum atomic E-state index is 11.0. The molecule has 0 unspecified atom stereocenters. The van der Waals surface area contributed by atoms with Crippen molar-refractivity contribution in [1.29, 1.82) is 0 Å². The monoisotopic (exact) mass is 307 g/mol. The minimum atomic E-state index is -3.33. The second kappa shape index (κ2) is 4.71. The first-order valence-corrected chi connectivity index (χ1v) is 6.77. The van der Waals surface area contributed by atoms with E-state index in [2.05, 4.69) is 25.8 Å². The molecule has 0 fully saturated rings. The summed E-state index contributed by atoms with van der Waals surface area (Å²) >= 11 is 3.18. The van der Waals surface area contributed by atoms with Gasteiger partial charge in [-0.25, -0.2) is 8.42 Å². The Bertz CT molecular complexity index is 527. The first kappa shape index (κ1) is 12.8. The summed E-state index contributed by atoms with van der Waals surface area (Å²) in [5.41, 5.74) is 6.25. The van der Waals surface area contributed by atoms with Gasteiger partial charge in [0.05, 0.1) is 11.9 Å². The molecule has 16 heavy (non-hydrogen) atoms. The van der Waals surface area contributed by atoms with Crippen molar-refractivity contribution in [2.24, 2.45) is 10.9 Å². The largest absolute Gasteiger partial charge is 0.409 e.